The molecule has 3 nitrogen and oxygen atoms in total. The van der Waals surface area contributed by atoms with Gasteiger partial charge in [0.05, 0.1) is 6.10 Å². The molecule has 0 aromatic carbocycles. The van der Waals surface area contributed by atoms with E-state index < -0.39 is 0 Å². The third-order valence-electron chi connectivity index (χ3n) is 3.33. The Morgan fingerprint density at radius 2 is 2.28 bits per heavy atom. The highest BCUT2D eigenvalue weighted by Gasteiger charge is 2.33. The van der Waals surface area contributed by atoms with Gasteiger partial charge in [0, 0.05) is 19.1 Å². The number of methoxy groups -OCH3 is 1. The summed E-state index contributed by atoms with van der Waals surface area (Å²) in [6, 6.07) is 0. The maximum absolute atomic E-state index is 9.85. The minimum atomic E-state index is -0.0977. The number of aliphatic hydroxyl groups is 1. The lowest BCUT2D eigenvalue weighted by molar-refractivity contribution is 0.0285. The van der Waals surface area contributed by atoms with Gasteiger partial charge in [0.25, 0.3) is 0 Å². The molecule has 3 heteroatoms. The normalized spacial score (nSPS) is 27.2. The van der Waals surface area contributed by atoms with E-state index in [-0.39, 0.29) is 17.3 Å². The monoisotopic (exact) mass is 249 g/mol. The van der Waals surface area contributed by atoms with Crippen LogP contribution in [0.2, 0.25) is 0 Å². The van der Waals surface area contributed by atoms with Gasteiger partial charge in [-0.05, 0) is 38.1 Å². The topological polar surface area (TPSA) is 41.8 Å². The van der Waals surface area contributed by atoms with Gasteiger partial charge in [-0.3, -0.25) is 4.99 Å². The van der Waals surface area contributed by atoms with Crippen LogP contribution in [0.1, 0.15) is 26.7 Å². The molecule has 100 valence electrons. The highest BCUT2D eigenvalue weighted by Crippen LogP contribution is 2.34. The molecule has 1 aliphatic heterocycles. The first-order valence-electron chi connectivity index (χ1n) is 6.33. The molecular weight excluding hydrogens is 226 g/mol. The number of allylic oxidation sites excluding steroid dienone is 4. The molecule has 0 saturated carbocycles. The van der Waals surface area contributed by atoms with Crippen LogP contribution in [0.15, 0.2) is 41.1 Å². The fourth-order valence-corrected chi connectivity index (χ4v) is 2.07. The summed E-state index contributed by atoms with van der Waals surface area (Å²) in [4.78, 5) is 4.24. The number of nitrogens with zero attached hydrogens (tertiary/aromatic N) is 1. The van der Waals surface area contributed by atoms with Crippen molar-refractivity contribution in [3.8, 4) is 0 Å². The Bertz CT molecular complexity index is 369. The number of ether oxygens (including phenoxy) is 1. The van der Waals surface area contributed by atoms with Crippen molar-refractivity contribution < 1.29 is 9.84 Å². The van der Waals surface area contributed by atoms with Crippen LogP contribution >= 0.6 is 0 Å². The van der Waals surface area contributed by atoms with Crippen molar-refractivity contribution in [2.75, 3.05) is 13.7 Å². The van der Waals surface area contributed by atoms with Crippen LogP contribution < -0.4 is 0 Å². The Labute approximate surface area is 110 Å². The number of hydrogen-bond donors (Lipinski definition) is 1. The van der Waals surface area contributed by atoms with Crippen molar-refractivity contribution in [1.29, 1.82) is 0 Å². The van der Waals surface area contributed by atoms with E-state index in [1.165, 1.54) is 0 Å². The smallest absolute Gasteiger partial charge is 0.114 e. The van der Waals surface area contributed by atoms with Gasteiger partial charge >= 0.3 is 0 Å². The van der Waals surface area contributed by atoms with Gasteiger partial charge < -0.3 is 9.84 Å². The summed E-state index contributed by atoms with van der Waals surface area (Å²) in [5.41, 5.74) is 0.0128. The van der Waals surface area contributed by atoms with Crippen LogP contribution in [0.25, 0.3) is 0 Å². The van der Waals surface area contributed by atoms with E-state index in [1.807, 2.05) is 31.4 Å². The summed E-state index contributed by atoms with van der Waals surface area (Å²) in [6.07, 6.45) is 12.8. The fraction of sp³-hybridized carbons (Fsp3) is 0.533. The predicted molar refractivity (Wildman–Crippen MR) is 76.2 cm³/mol. The lowest BCUT2D eigenvalue weighted by Gasteiger charge is -2.35. The lowest BCUT2D eigenvalue weighted by Crippen LogP contribution is -2.35. The first-order chi connectivity index (χ1) is 8.62. The molecule has 2 atom stereocenters. The zero-order valence-corrected chi connectivity index (χ0v) is 11.5. The van der Waals surface area contributed by atoms with Crippen LogP contribution in [0.5, 0.6) is 0 Å². The van der Waals surface area contributed by atoms with E-state index in [0.29, 0.717) is 0 Å². The van der Waals surface area contributed by atoms with E-state index in [4.69, 9.17) is 4.74 Å². The predicted octanol–water partition coefficient (Wildman–Crippen LogP) is 3.45. The molecule has 0 aliphatic carbocycles. The Balaban J connectivity index is 2.77. The highest BCUT2D eigenvalue weighted by atomic mass is 16.5. The molecule has 2 unspecified atom stereocenters. The zero-order valence-electron chi connectivity index (χ0n) is 11.5. The Kier molecular flexibility index (Phi) is 5.86. The third kappa shape index (κ3) is 4.15. The third-order valence-corrected chi connectivity index (χ3v) is 3.33. The SMILES string of the molecule is C\C=C/C=C/C(O)=C/C(OC)C1(C)CC=NCC1. The van der Waals surface area contributed by atoms with Crippen molar-refractivity contribution >= 4 is 6.21 Å². The summed E-state index contributed by atoms with van der Waals surface area (Å²) >= 11 is 0. The van der Waals surface area contributed by atoms with Crippen LogP contribution in [0, 0.1) is 5.41 Å². The molecule has 1 rings (SSSR count). The first kappa shape index (κ1) is 14.7. The molecule has 0 fully saturated rings. The molecule has 1 aliphatic rings. The van der Waals surface area contributed by atoms with Crippen LogP contribution in [0.3, 0.4) is 0 Å². The van der Waals surface area contributed by atoms with Gasteiger partial charge in [-0.25, -0.2) is 0 Å². The maximum Gasteiger partial charge on any atom is 0.114 e. The molecule has 0 amide bonds. The molecule has 0 spiro atoms. The van der Waals surface area contributed by atoms with Crippen molar-refractivity contribution in [1.82, 2.24) is 0 Å². The first-order valence-corrected chi connectivity index (χ1v) is 6.33. The molecule has 0 bridgehead atoms. The second-order valence-electron chi connectivity index (χ2n) is 4.83. The minimum absolute atomic E-state index is 0.0128. The Hall–Kier alpha value is -1.35. The average Bonchev–Trinajstić information content (AvgIpc) is 2.37. The van der Waals surface area contributed by atoms with Crippen molar-refractivity contribution in [2.45, 2.75) is 32.8 Å². The van der Waals surface area contributed by atoms with Gasteiger partial charge in [0.15, 0.2) is 0 Å². The van der Waals surface area contributed by atoms with Gasteiger partial charge in [-0.15, -0.1) is 0 Å². The number of aliphatic imine (C=N–C) groups is 1. The molecule has 0 aromatic rings. The minimum Gasteiger partial charge on any atom is -0.508 e. The van der Waals surface area contributed by atoms with E-state index >= 15 is 0 Å². The van der Waals surface area contributed by atoms with Crippen molar-refractivity contribution in [3.63, 3.8) is 0 Å². The molecular formula is C15H23NO2. The maximum atomic E-state index is 9.85. The van der Waals surface area contributed by atoms with Gasteiger partial charge in [-0.1, -0.05) is 25.2 Å². The quantitative estimate of drug-likeness (QED) is 0.599. The lowest BCUT2D eigenvalue weighted by atomic mass is 9.76. The van der Waals surface area contributed by atoms with Crippen LogP contribution in [-0.2, 0) is 4.74 Å². The molecule has 1 N–H and O–H groups in total. The summed E-state index contributed by atoms with van der Waals surface area (Å²) in [5, 5.41) is 9.85. The van der Waals surface area contributed by atoms with Gasteiger partial charge in [0.2, 0.25) is 0 Å². The highest BCUT2D eigenvalue weighted by molar-refractivity contribution is 5.59. The zero-order chi connectivity index (χ0) is 13.4. The second kappa shape index (κ2) is 7.17. The molecule has 0 aromatic heterocycles. The van der Waals surface area contributed by atoms with Crippen LogP contribution in [-0.4, -0.2) is 31.1 Å². The van der Waals surface area contributed by atoms with Gasteiger partial charge in [0.1, 0.15) is 5.76 Å². The van der Waals surface area contributed by atoms with E-state index in [0.717, 1.165) is 19.4 Å². The van der Waals surface area contributed by atoms with Crippen LogP contribution in [0.4, 0.5) is 0 Å². The largest absolute Gasteiger partial charge is 0.508 e. The summed E-state index contributed by atoms with van der Waals surface area (Å²) in [7, 11) is 1.68. The number of rotatable bonds is 5. The Morgan fingerprint density at radius 3 is 2.83 bits per heavy atom. The fourth-order valence-electron chi connectivity index (χ4n) is 2.07. The summed E-state index contributed by atoms with van der Waals surface area (Å²) in [5.74, 6) is 0.240. The Morgan fingerprint density at radius 1 is 1.50 bits per heavy atom. The van der Waals surface area contributed by atoms with Crippen molar-refractivity contribution in [2.24, 2.45) is 10.4 Å². The summed E-state index contributed by atoms with van der Waals surface area (Å²) in [6.45, 7) is 4.94. The second-order valence-corrected chi connectivity index (χ2v) is 4.83. The van der Waals surface area contributed by atoms with Gasteiger partial charge in [-0.2, -0.15) is 0 Å². The average molecular weight is 249 g/mol. The number of aliphatic hydroxyl groups excluding tert-OH is 1. The molecule has 0 radical (unpaired) electrons. The van der Waals surface area contributed by atoms with E-state index in [2.05, 4.69) is 11.9 Å². The van der Waals surface area contributed by atoms with E-state index in [1.54, 1.807) is 19.3 Å². The molecule has 1 heterocycles. The molecule has 0 saturated heterocycles. The summed E-state index contributed by atoms with van der Waals surface area (Å²) < 4.78 is 5.52. The van der Waals surface area contributed by atoms with E-state index in [9.17, 15) is 5.11 Å². The number of hydrogen-bond acceptors (Lipinski definition) is 3. The van der Waals surface area contributed by atoms with Crippen molar-refractivity contribution in [3.05, 3.63) is 36.1 Å². The molecule has 18 heavy (non-hydrogen) atoms. The standard InChI is InChI=1S/C15H23NO2/c1-4-5-6-7-13(17)12-14(18-3)15(2)8-10-16-11-9-15/h4-7,10,12,14,17H,8-9,11H2,1-3H3/b5-4-,7-6+,13-12-.